The number of unbranched alkanes of at least 4 members (excludes halogenated alkanes) is 2. The molecule has 1 saturated carbocycles. The topological polar surface area (TPSA) is 71.1 Å². The molecule has 1 fully saturated rings. The van der Waals surface area contributed by atoms with Gasteiger partial charge in [-0.1, -0.05) is 33.1 Å². The Hall–Kier alpha value is -3.23. The van der Waals surface area contributed by atoms with Crippen molar-refractivity contribution in [2.75, 3.05) is 13.2 Å². The lowest BCUT2D eigenvalue weighted by Gasteiger charge is -2.28. The molecule has 0 saturated heterocycles. The van der Waals surface area contributed by atoms with Gasteiger partial charge in [-0.2, -0.15) is 4.39 Å². The van der Waals surface area contributed by atoms with E-state index in [-0.39, 0.29) is 36.5 Å². The van der Waals surface area contributed by atoms with Crippen LogP contribution in [-0.2, 0) is 9.53 Å². The molecule has 0 unspecified atom stereocenters. The summed E-state index contributed by atoms with van der Waals surface area (Å²) in [5.41, 5.74) is -0.528. The number of carbonyl (C=O) groups excluding carboxylic acids is 2. The Bertz CT molecular complexity index is 1070. The zero-order valence-corrected chi connectivity index (χ0v) is 22.6. The van der Waals surface area contributed by atoms with Crippen molar-refractivity contribution in [3.05, 3.63) is 53.6 Å². The smallest absolute Gasteiger partial charge is 0.346 e. The number of hydrogen-bond donors (Lipinski definition) is 0. The van der Waals surface area contributed by atoms with Gasteiger partial charge < -0.3 is 18.9 Å². The van der Waals surface area contributed by atoms with Crippen molar-refractivity contribution in [1.29, 1.82) is 0 Å². The van der Waals surface area contributed by atoms with Crippen molar-refractivity contribution in [2.45, 2.75) is 83.9 Å². The minimum absolute atomic E-state index is 0.155. The second kappa shape index (κ2) is 15.4. The average molecular weight is 551 g/mol. The zero-order chi connectivity index (χ0) is 28.2. The van der Waals surface area contributed by atoms with Crippen LogP contribution in [0.1, 0.15) is 82.0 Å². The summed E-state index contributed by atoms with van der Waals surface area (Å²) in [6.07, 6.45) is 4.35. The third-order valence-corrected chi connectivity index (χ3v) is 6.69. The van der Waals surface area contributed by atoms with Gasteiger partial charge in [0.05, 0.1) is 18.8 Å². The van der Waals surface area contributed by atoms with E-state index in [9.17, 15) is 22.8 Å². The normalized spacial score (nSPS) is 17.8. The fourth-order valence-corrected chi connectivity index (χ4v) is 4.26. The summed E-state index contributed by atoms with van der Waals surface area (Å²) in [4.78, 5) is 24.3. The molecule has 0 heterocycles. The van der Waals surface area contributed by atoms with Gasteiger partial charge in [0.15, 0.2) is 17.7 Å². The Kier molecular flexibility index (Phi) is 12.0. The molecular formula is C30H37F3O6. The first kappa shape index (κ1) is 30.3. The zero-order valence-electron chi connectivity index (χ0n) is 22.6. The van der Waals surface area contributed by atoms with Crippen LogP contribution in [0.4, 0.5) is 13.2 Å². The number of carbonyl (C=O) groups is 2. The maximum absolute atomic E-state index is 14.4. The predicted octanol–water partition coefficient (Wildman–Crippen LogP) is 7.37. The first-order valence-electron chi connectivity index (χ1n) is 13.7. The Morgan fingerprint density at radius 3 is 2.21 bits per heavy atom. The molecule has 0 amide bonds. The van der Waals surface area contributed by atoms with Crippen molar-refractivity contribution in [3.8, 4) is 17.2 Å². The van der Waals surface area contributed by atoms with E-state index in [1.807, 2.05) is 13.8 Å². The SMILES string of the molecule is CCCCOc1ccc(C(=O)Oc2ccc(OC[C@H]3CC[C@H](OC(=O)[C@@H](F)CCCC)CC3)cc2)c(F)c1F. The number of benzene rings is 2. The monoisotopic (exact) mass is 550 g/mol. The molecule has 2 aromatic carbocycles. The van der Waals surface area contributed by atoms with Gasteiger partial charge in [-0.25, -0.2) is 18.4 Å². The summed E-state index contributed by atoms with van der Waals surface area (Å²) >= 11 is 0. The van der Waals surface area contributed by atoms with E-state index in [0.717, 1.165) is 31.7 Å². The number of esters is 2. The minimum Gasteiger partial charge on any atom is -0.493 e. The molecular weight excluding hydrogens is 513 g/mol. The van der Waals surface area contributed by atoms with Gasteiger partial charge >= 0.3 is 11.9 Å². The van der Waals surface area contributed by atoms with Crippen molar-refractivity contribution in [1.82, 2.24) is 0 Å². The van der Waals surface area contributed by atoms with Gasteiger partial charge in [0.2, 0.25) is 5.82 Å². The second-order valence-corrected chi connectivity index (χ2v) is 9.80. The molecule has 0 N–H and O–H groups in total. The highest BCUT2D eigenvalue weighted by Crippen LogP contribution is 2.29. The molecule has 0 bridgehead atoms. The van der Waals surface area contributed by atoms with E-state index in [1.165, 1.54) is 18.2 Å². The molecule has 39 heavy (non-hydrogen) atoms. The highest BCUT2D eigenvalue weighted by Gasteiger charge is 2.27. The molecule has 1 aliphatic carbocycles. The van der Waals surface area contributed by atoms with Crippen LogP contribution < -0.4 is 14.2 Å². The van der Waals surface area contributed by atoms with Gasteiger partial charge in [0, 0.05) is 0 Å². The van der Waals surface area contributed by atoms with Crippen LogP contribution in [0.15, 0.2) is 36.4 Å². The third-order valence-electron chi connectivity index (χ3n) is 6.69. The van der Waals surface area contributed by atoms with E-state index in [4.69, 9.17) is 18.9 Å². The number of hydrogen-bond acceptors (Lipinski definition) is 6. The van der Waals surface area contributed by atoms with E-state index in [2.05, 4.69) is 0 Å². The van der Waals surface area contributed by atoms with Crippen molar-refractivity contribution in [3.63, 3.8) is 0 Å². The van der Waals surface area contributed by atoms with Gasteiger partial charge in [-0.05, 0) is 80.8 Å². The summed E-state index contributed by atoms with van der Waals surface area (Å²) in [5, 5.41) is 0. The first-order valence-corrected chi connectivity index (χ1v) is 13.7. The molecule has 0 aliphatic heterocycles. The Balaban J connectivity index is 1.42. The molecule has 9 heteroatoms. The number of alkyl halides is 1. The maximum Gasteiger partial charge on any atom is 0.346 e. The predicted molar refractivity (Wildman–Crippen MR) is 140 cm³/mol. The molecule has 0 radical (unpaired) electrons. The lowest BCUT2D eigenvalue weighted by Crippen LogP contribution is -2.30. The number of ether oxygens (including phenoxy) is 4. The molecule has 2 aromatic rings. The molecule has 214 valence electrons. The van der Waals surface area contributed by atoms with Crippen LogP contribution in [0.3, 0.4) is 0 Å². The lowest BCUT2D eigenvalue weighted by molar-refractivity contribution is -0.157. The second-order valence-electron chi connectivity index (χ2n) is 9.80. The summed E-state index contributed by atoms with van der Waals surface area (Å²) in [6.45, 7) is 4.61. The summed E-state index contributed by atoms with van der Waals surface area (Å²) in [6, 6.07) is 8.60. The maximum atomic E-state index is 14.4. The molecule has 0 spiro atoms. The highest BCUT2D eigenvalue weighted by atomic mass is 19.2. The van der Waals surface area contributed by atoms with Gasteiger partial charge in [-0.3, -0.25) is 0 Å². The number of rotatable bonds is 14. The summed E-state index contributed by atoms with van der Waals surface area (Å²) < 4.78 is 64.1. The summed E-state index contributed by atoms with van der Waals surface area (Å²) in [5.74, 6) is -3.59. The quantitative estimate of drug-likeness (QED) is 0.139. The fraction of sp³-hybridized carbons (Fsp3) is 0.533. The van der Waals surface area contributed by atoms with E-state index < -0.39 is 35.3 Å². The largest absolute Gasteiger partial charge is 0.493 e. The van der Waals surface area contributed by atoms with Crippen LogP contribution in [0.5, 0.6) is 17.2 Å². The molecule has 6 nitrogen and oxygen atoms in total. The minimum atomic E-state index is -1.55. The summed E-state index contributed by atoms with van der Waals surface area (Å²) in [7, 11) is 0. The van der Waals surface area contributed by atoms with E-state index in [0.29, 0.717) is 38.0 Å². The van der Waals surface area contributed by atoms with Crippen molar-refractivity contribution >= 4 is 11.9 Å². The van der Waals surface area contributed by atoms with Crippen LogP contribution in [-0.4, -0.2) is 37.4 Å². The van der Waals surface area contributed by atoms with Gasteiger partial charge in [0.1, 0.15) is 17.6 Å². The Morgan fingerprint density at radius 1 is 0.872 bits per heavy atom. The van der Waals surface area contributed by atoms with E-state index in [1.54, 1.807) is 12.1 Å². The van der Waals surface area contributed by atoms with Crippen LogP contribution in [0.25, 0.3) is 0 Å². The fourth-order valence-electron chi connectivity index (χ4n) is 4.26. The molecule has 1 atom stereocenters. The van der Waals surface area contributed by atoms with Gasteiger partial charge in [-0.15, -0.1) is 0 Å². The van der Waals surface area contributed by atoms with Gasteiger partial charge in [0.25, 0.3) is 0 Å². The van der Waals surface area contributed by atoms with E-state index >= 15 is 0 Å². The van der Waals surface area contributed by atoms with Crippen LogP contribution in [0.2, 0.25) is 0 Å². The van der Waals surface area contributed by atoms with Crippen LogP contribution >= 0.6 is 0 Å². The van der Waals surface area contributed by atoms with Crippen molar-refractivity contribution in [2.24, 2.45) is 5.92 Å². The highest BCUT2D eigenvalue weighted by molar-refractivity contribution is 5.91. The first-order chi connectivity index (χ1) is 18.8. The Labute approximate surface area is 227 Å². The van der Waals surface area contributed by atoms with Crippen LogP contribution in [0, 0.1) is 17.6 Å². The van der Waals surface area contributed by atoms with Crippen molar-refractivity contribution < 1.29 is 41.7 Å². The molecule has 1 aliphatic rings. The molecule has 0 aromatic heterocycles. The third kappa shape index (κ3) is 9.18. The standard InChI is InChI=1S/C30H37F3O6/c1-3-5-7-25(31)30(35)39-22-10-8-20(9-11-22)19-37-21-12-14-23(15-13-21)38-29(34)24-16-17-26(28(33)27(24)32)36-18-6-4-2/h12-17,20,22,25H,3-11,18-19H2,1-2H3/t20-,22-,25-/m0/s1. The number of halogens is 3. The average Bonchev–Trinajstić information content (AvgIpc) is 2.94. The lowest BCUT2D eigenvalue weighted by atomic mass is 9.88. The molecule has 3 rings (SSSR count). The Morgan fingerprint density at radius 2 is 1.54 bits per heavy atom.